The molecule has 0 aromatic carbocycles. The maximum Gasteiger partial charge on any atom is 0.169 e. The van der Waals surface area contributed by atoms with Crippen molar-refractivity contribution in [3.05, 3.63) is 35.3 Å². The van der Waals surface area contributed by atoms with Crippen molar-refractivity contribution in [3.63, 3.8) is 0 Å². The lowest BCUT2D eigenvalue weighted by atomic mass is 9.48. The topological polar surface area (TPSA) is 43.4 Å². The number of rotatable bonds is 6. The Labute approximate surface area is 166 Å². The highest BCUT2D eigenvalue weighted by Gasteiger charge is 2.64. The van der Waals surface area contributed by atoms with Gasteiger partial charge in [-0.05, 0) is 44.4 Å². The molecule has 0 spiro atoms. The molecule has 0 aromatic heterocycles. The normalized spacial score (nSPS) is 30.2. The second kappa shape index (κ2) is 7.19. The summed E-state index contributed by atoms with van der Waals surface area (Å²) in [5, 5.41) is 0.835. The third kappa shape index (κ3) is 3.41. The van der Waals surface area contributed by atoms with Gasteiger partial charge in [-0.2, -0.15) is 0 Å². The summed E-state index contributed by atoms with van der Waals surface area (Å²) in [5.74, 6) is 0.384. The standard InChI is InChI=1S/C23H36O3Si/c1-10-11-16-14-23(13-12-15(2)3)20(25)17(22(16,4)5)18(24)19(21(23)26-6)27(7,8)9/h10,12,16-17H,1,11,13-14H2,2-9H3/t16?,17-,23?/m1/s1. The highest BCUT2D eigenvalue weighted by Crippen LogP contribution is 2.60. The SMILES string of the molecule is C=CCC1CC2(CC=C(C)C)C(=O)[C@@H](C(=O)C([Si](C)(C)C)=C2OC)C1(C)C. The Balaban J connectivity index is 2.85. The third-order valence-electron chi connectivity index (χ3n) is 6.56. The van der Waals surface area contributed by atoms with Crippen molar-refractivity contribution in [1.29, 1.82) is 0 Å². The Morgan fingerprint density at radius 3 is 2.30 bits per heavy atom. The average molecular weight is 389 g/mol. The Hall–Kier alpha value is -1.42. The number of carbonyl (C=O) groups is 2. The van der Waals surface area contributed by atoms with Crippen LogP contribution in [0, 0.1) is 22.7 Å². The number of Topliss-reactive ketones (excluding diaryl/α,β-unsaturated/α-hetero) is 2. The molecule has 2 rings (SSSR count). The van der Waals surface area contributed by atoms with Crippen molar-refractivity contribution in [1.82, 2.24) is 0 Å². The van der Waals surface area contributed by atoms with Gasteiger partial charge < -0.3 is 4.74 Å². The van der Waals surface area contributed by atoms with E-state index in [-0.39, 0.29) is 22.9 Å². The molecule has 0 radical (unpaired) electrons. The molecule has 1 saturated carbocycles. The van der Waals surface area contributed by atoms with Crippen molar-refractivity contribution in [2.45, 2.75) is 66.6 Å². The van der Waals surface area contributed by atoms with Crippen molar-refractivity contribution in [2.75, 3.05) is 7.11 Å². The number of hydrogen-bond donors (Lipinski definition) is 0. The van der Waals surface area contributed by atoms with E-state index in [1.807, 2.05) is 6.08 Å². The van der Waals surface area contributed by atoms with Gasteiger partial charge in [-0.3, -0.25) is 9.59 Å². The largest absolute Gasteiger partial charge is 0.500 e. The molecular weight excluding hydrogens is 352 g/mol. The lowest BCUT2D eigenvalue weighted by Gasteiger charge is -2.55. The zero-order valence-corrected chi connectivity index (χ0v) is 19.4. The summed E-state index contributed by atoms with van der Waals surface area (Å²) in [5.41, 5.74) is 0.0884. The van der Waals surface area contributed by atoms with Crippen LogP contribution in [0.2, 0.25) is 19.6 Å². The predicted octanol–water partition coefficient (Wildman–Crippen LogP) is 5.50. The van der Waals surface area contributed by atoms with Crippen molar-refractivity contribution in [3.8, 4) is 0 Å². The maximum atomic E-state index is 13.8. The summed E-state index contributed by atoms with van der Waals surface area (Å²) in [7, 11) is -0.365. The molecule has 2 aliphatic carbocycles. The summed E-state index contributed by atoms with van der Waals surface area (Å²) in [6, 6.07) is 0. The maximum absolute atomic E-state index is 13.8. The number of allylic oxidation sites excluding steroid dienone is 5. The predicted molar refractivity (Wildman–Crippen MR) is 114 cm³/mol. The molecule has 0 heterocycles. The first-order chi connectivity index (χ1) is 12.3. The molecule has 0 saturated heterocycles. The first-order valence-corrected chi connectivity index (χ1v) is 13.5. The van der Waals surface area contributed by atoms with E-state index < -0.39 is 19.4 Å². The quantitative estimate of drug-likeness (QED) is 0.343. The van der Waals surface area contributed by atoms with E-state index >= 15 is 0 Å². The molecule has 1 fully saturated rings. The monoisotopic (exact) mass is 388 g/mol. The minimum absolute atomic E-state index is 0.0163. The first-order valence-electron chi connectivity index (χ1n) is 9.96. The molecule has 0 aliphatic heterocycles. The van der Waals surface area contributed by atoms with Crippen molar-refractivity contribution < 1.29 is 14.3 Å². The number of carbonyl (C=O) groups excluding carboxylic acids is 2. The fourth-order valence-electron chi connectivity index (χ4n) is 5.04. The second-order valence-electron chi connectivity index (χ2n) is 10.1. The molecule has 27 heavy (non-hydrogen) atoms. The van der Waals surface area contributed by atoms with Gasteiger partial charge in [-0.1, -0.05) is 51.2 Å². The van der Waals surface area contributed by atoms with E-state index in [0.29, 0.717) is 12.2 Å². The molecule has 0 aromatic rings. The van der Waals surface area contributed by atoms with E-state index in [4.69, 9.17) is 4.74 Å². The molecule has 150 valence electrons. The Morgan fingerprint density at radius 2 is 1.85 bits per heavy atom. The van der Waals surface area contributed by atoms with Crippen LogP contribution in [0.4, 0.5) is 0 Å². The van der Waals surface area contributed by atoms with Gasteiger partial charge in [0.2, 0.25) is 0 Å². The zero-order chi connectivity index (χ0) is 20.8. The highest BCUT2D eigenvalue weighted by atomic mass is 28.3. The molecule has 2 bridgehead atoms. The highest BCUT2D eigenvalue weighted by molar-refractivity contribution is 6.87. The number of fused-ring (bicyclic) bond motifs is 2. The van der Waals surface area contributed by atoms with Gasteiger partial charge in [-0.25, -0.2) is 0 Å². The van der Waals surface area contributed by atoms with E-state index in [9.17, 15) is 9.59 Å². The van der Waals surface area contributed by atoms with Gasteiger partial charge in [0, 0.05) is 5.20 Å². The third-order valence-corrected chi connectivity index (χ3v) is 8.53. The molecule has 2 unspecified atom stereocenters. The number of ether oxygens (including phenoxy) is 1. The van der Waals surface area contributed by atoms with Crippen LogP contribution in [0.15, 0.2) is 35.3 Å². The molecule has 0 N–H and O–H groups in total. The van der Waals surface area contributed by atoms with Gasteiger partial charge in [0.15, 0.2) is 11.6 Å². The minimum Gasteiger partial charge on any atom is -0.500 e. The second-order valence-corrected chi connectivity index (χ2v) is 15.1. The van der Waals surface area contributed by atoms with Gasteiger partial charge >= 0.3 is 0 Å². The molecule has 3 atom stereocenters. The lowest BCUT2D eigenvalue weighted by molar-refractivity contribution is -0.155. The summed E-state index contributed by atoms with van der Waals surface area (Å²) < 4.78 is 5.90. The Morgan fingerprint density at radius 1 is 1.26 bits per heavy atom. The first kappa shape index (κ1) is 21.9. The molecule has 2 aliphatic rings. The van der Waals surface area contributed by atoms with Crippen molar-refractivity contribution in [2.24, 2.45) is 22.7 Å². The van der Waals surface area contributed by atoms with E-state index in [1.54, 1.807) is 7.11 Å². The van der Waals surface area contributed by atoms with E-state index in [2.05, 4.69) is 60.0 Å². The van der Waals surface area contributed by atoms with E-state index in [0.717, 1.165) is 18.0 Å². The van der Waals surface area contributed by atoms with Gasteiger partial charge in [0.1, 0.15) is 5.76 Å². The number of ketones is 2. The molecule has 0 amide bonds. The van der Waals surface area contributed by atoms with E-state index in [1.165, 1.54) is 5.57 Å². The zero-order valence-electron chi connectivity index (χ0n) is 18.4. The van der Waals surface area contributed by atoms with Crippen LogP contribution in [-0.4, -0.2) is 26.8 Å². The number of methoxy groups -OCH3 is 1. The molecule has 3 nitrogen and oxygen atoms in total. The van der Waals surface area contributed by atoms with Crippen LogP contribution in [0.5, 0.6) is 0 Å². The fraction of sp³-hybridized carbons (Fsp3) is 0.652. The van der Waals surface area contributed by atoms with Gasteiger partial charge in [-0.15, -0.1) is 6.58 Å². The Kier molecular flexibility index (Phi) is 5.83. The Bertz CT molecular complexity index is 716. The molecule has 4 heteroatoms. The fourth-order valence-corrected chi connectivity index (χ4v) is 6.95. The smallest absolute Gasteiger partial charge is 0.169 e. The van der Waals surface area contributed by atoms with Gasteiger partial charge in [0.25, 0.3) is 0 Å². The van der Waals surface area contributed by atoms with Crippen LogP contribution in [-0.2, 0) is 14.3 Å². The number of hydrogen-bond acceptors (Lipinski definition) is 3. The van der Waals surface area contributed by atoms with Crippen LogP contribution < -0.4 is 0 Å². The summed E-state index contributed by atoms with van der Waals surface area (Å²) in [6.45, 7) is 18.7. The summed E-state index contributed by atoms with van der Waals surface area (Å²) >= 11 is 0. The summed E-state index contributed by atoms with van der Waals surface area (Å²) in [6.07, 6.45) is 6.19. The minimum atomic E-state index is -1.99. The van der Waals surface area contributed by atoms with Crippen LogP contribution in [0.25, 0.3) is 0 Å². The molecular formula is C23H36O3Si. The van der Waals surface area contributed by atoms with Crippen LogP contribution in [0.1, 0.15) is 47.0 Å². The average Bonchev–Trinajstić information content (AvgIpc) is 2.52. The van der Waals surface area contributed by atoms with Crippen LogP contribution >= 0.6 is 0 Å². The summed E-state index contributed by atoms with van der Waals surface area (Å²) in [4.78, 5) is 27.4. The van der Waals surface area contributed by atoms with Crippen LogP contribution in [0.3, 0.4) is 0 Å². The van der Waals surface area contributed by atoms with Crippen molar-refractivity contribution >= 4 is 19.6 Å². The lowest BCUT2D eigenvalue weighted by Crippen LogP contribution is -2.61. The van der Waals surface area contributed by atoms with Gasteiger partial charge in [0.05, 0.1) is 26.5 Å².